The van der Waals surface area contributed by atoms with Gasteiger partial charge >= 0.3 is 0 Å². The van der Waals surface area contributed by atoms with Gasteiger partial charge in [-0.05, 0) is 134 Å². The topological polar surface area (TPSA) is 52.6 Å². The first-order valence-electron chi connectivity index (χ1n) is 16.0. The second-order valence-electron chi connectivity index (χ2n) is 15.8. The highest BCUT2D eigenvalue weighted by Crippen LogP contribution is 2.76. The van der Waals surface area contributed by atoms with Gasteiger partial charge in [-0.1, -0.05) is 47.3 Å². The molecule has 1 unspecified atom stereocenters. The molecule has 0 spiro atoms. The van der Waals surface area contributed by atoms with Gasteiger partial charge in [0.2, 0.25) is 0 Å². The molecular formula is C35H52O4. The number of ketones is 1. The Morgan fingerprint density at radius 2 is 1.77 bits per heavy atom. The van der Waals surface area contributed by atoms with Crippen molar-refractivity contribution in [3.63, 3.8) is 0 Å². The molecule has 1 aliphatic heterocycles. The highest BCUT2D eigenvalue weighted by Gasteiger charge is 2.70. The van der Waals surface area contributed by atoms with Gasteiger partial charge in [-0.3, -0.25) is 9.59 Å². The van der Waals surface area contributed by atoms with E-state index >= 15 is 0 Å². The normalized spacial score (nSPS) is 50.3. The molecule has 0 aromatic carbocycles. The van der Waals surface area contributed by atoms with E-state index in [1.54, 1.807) is 0 Å². The summed E-state index contributed by atoms with van der Waals surface area (Å²) in [7, 11) is 0. The van der Waals surface area contributed by atoms with E-state index in [1.165, 1.54) is 38.5 Å². The lowest BCUT2D eigenvalue weighted by Crippen LogP contribution is -2.65. The SMILES string of the molecule is C=C(C=O)[C@@H]1CC[C@]2(COC3CCCCO3)CC[C@]3(C)[C@H](CC[C@@H]4[C@@]5(C)C=CC(=O)C(C)(C)[C@@H]5CC[C@]43C)[C@@H]12. The van der Waals surface area contributed by atoms with E-state index in [0.29, 0.717) is 29.5 Å². The summed E-state index contributed by atoms with van der Waals surface area (Å²) in [5.41, 5.74) is 1.09. The van der Waals surface area contributed by atoms with Crippen molar-refractivity contribution in [3.05, 3.63) is 24.3 Å². The van der Waals surface area contributed by atoms with Gasteiger partial charge in [0.1, 0.15) is 6.29 Å². The van der Waals surface area contributed by atoms with E-state index in [9.17, 15) is 9.59 Å². The molecule has 0 amide bonds. The summed E-state index contributed by atoms with van der Waals surface area (Å²) in [6, 6.07) is 0. The monoisotopic (exact) mass is 536 g/mol. The first-order valence-corrected chi connectivity index (χ1v) is 16.0. The number of hydrogen-bond acceptors (Lipinski definition) is 4. The Kier molecular flexibility index (Phi) is 6.71. The molecule has 216 valence electrons. The van der Waals surface area contributed by atoms with Gasteiger partial charge in [0, 0.05) is 12.0 Å². The van der Waals surface area contributed by atoms with Crippen LogP contribution in [0.25, 0.3) is 0 Å². The van der Waals surface area contributed by atoms with Crippen LogP contribution in [0.1, 0.15) is 105 Å². The van der Waals surface area contributed by atoms with Crippen molar-refractivity contribution in [2.75, 3.05) is 13.2 Å². The zero-order valence-electron chi connectivity index (χ0n) is 25.2. The van der Waals surface area contributed by atoms with Gasteiger partial charge in [0.25, 0.3) is 0 Å². The summed E-state index contributed by atoms with van der Waals surface area (Å²) >= 11 is 0. The summed E-state index contributed by atoms with van der Waals surface area (Å²) in [6.07, 6.45) is 17.9. The molecule has 10 atom stereocenters. The molecule has 1 saturated heterocycles. The molecule has 5 fully saturated rings. The van der Waals surface area contributed by atoms with Gasteiger partial charge in [-0.2, -0.15) is 0 Å². The zero-order chi connectivity index (χ0) is 27.8. The maximum atomic E-state index is 13.0. The van der Waals surface area contributed by atoms with E-state index in [4.69, 9.17) is 9.47 Å². The summed E-state index contributed by atoms with van der Waals surface area (Å²) in [5, 5.41) is 0. The molecular weight excluding hydrogens is 484 g/mol. The Bertz CT molecular complexity index is 1050. The van der Waals surface area contributed by atoms with Crippen molar-refractivity contribution >= 4 is 12.1 Å². The third-order valence-corrected chi connectivity index (χ3v) is 14.2. The van der Waals surface area contributed by atoms with Crippen LogP contribution in [0.5, 0.6) is 0 Å². The number of ether oxygens (including phenoxy) is 2. The molecule has 0 radical (unpaired) electrons. The molecule has 4 saturated carbocycles. The van der Waals surface area contributed by atoms with Gasteiger partial charge in [-0.15, -0.1) is 0 Å². The number of carbonyl (C=O) groups excluding carboxylic acids is 2. The van der Waals surface area contributed by atoms with Crippen molar-refractivity contribution in [2.45, 2.75) is 112 Å². The summed E-state index contributed by atoms with van der Waals surface area (Å²) in [5.74, 6) is 2.56. The number of fused-ring (bicyclic) bond motifs is 7. The fourth-order valence-corrected chi connectivity index (χ4v) is 11.9. The molecule has 4 heteroatoms. The smallest absolute Gasteiger partial charge is 0.161 e. The Morgan fingerprint density at radius 1 is 0.974 bits per heavy atom. The van der Waals surface area contributed by atoms with Crippen molar-refractivity contribution in [2.24, 2.45) is 56.7 Å². The number of rotatable bonds is 5. The van der Waals surface area contributed by atoms with Crippen molar-refractivity contribution in [3.8, 4) is 0 Å². The number of hydrogen-bond donors (Lipinski definition) is 0. The fraction of sp³-hybridized carbons (Fsp3) is 0.829. The Balaban J connectivity index is 1.35. The van der Waals surface area contributed by atoms with E-state index in [0.717, 1.165) is 57.2 Å². The standard InChI is InChI=1S/C35H52O4/c1-23(21-36)24-12-17-35(22-39-29-9-7-8-20-38-29)19-18-33(5)25(30(24)35)10-11-27-32(4)15-14-28(37)31(2,3)26(32)13-16-34(27,33)6/h14-15,21,24-27,29-30H,1,7-13,16-20,22H2,2-6H3/t24-,25+,26-,27+,29?,30+,32-,33+,34+,35+/m0/s1. The first kappa shape index (κ1) is 27.9. The van der Waals surface area contributed by atoms with Crippen LogP contribution in [0.15, 0.2) is 24.3 Å². The zero-order valence-corrected chi connectivity index (χ0v) is 25.2. The molecule has 6 rings (SSSR count). The summed E-state index contributed by atoms with van der Waals surface area (Å²) < 4.78 is 12.6. The van der Waals surface area contributed by atoms with Gasteiger partial charge < -0.3 is 9.47 Å². The van der Waals surface area contributed by atoms with E-state index in [2.05, 4.69) is 47.3 Å². The maximum Gasteiger partial charge on any atom is 0.161 e. The van der Waals surface area contributed by atoms with Gasteiger partial charge in [0.15, 0.2) is 12.1 Å². The van der Waals surface area contributed by atoms with E-state index < -0.39 is 0 Å². The van der Waals surface area contributed by atoms with E-state index in [1.807, 2.05) is 6.08 Å². The third-order valence-electron chi connectivity index (χ3n) is 14.2. The summed E-state index contributed by atoms with van der Waals surface area (Å²) in [4.78, 5) is 25.1. The van der Waals surface area contributed by atoms with Crippen molar-refractivity contribution < 1.29 is 19.1 Å². The summed E-state index contributed by atoms with van der Waals surface area (Å²) in [6.45, 7) is 18.0. The second kappa shape index (κ2) is 9.38. The minimum absolute atomic E-state index is 0.0514. The minimum Gasteiger partial charge on any atom is -0.353 e. The predicted molar refractivity (Wildman–Crippen MR) is 154 cm³/mol. The van der Waals surface area contributed by atoms with Crippen LogP contribution >= 0.6 is 0 Å². The Labute approximate surface area is 236 Å². The Hall–Kier alpha value is -1.26. The highest BCUT2D eigenvalue weighted by atomic mass is 16.7. The second-order valence-corrected chi connectivity index (χ2v) is 15.8. The molecule has 0 N–H and O–H groups in total. The molecule has 5 aliphatic carbocycles. The lowest BCUT2D eigenvalue weighted by molar-refractivity contribution is -0.235. The van der Waals surface area contributed by atoms with Gasteiger partial charge in [0.05, 0.1) is 6.61 Å². The van der Waals surface area contributed by atoms with Crippen LogP contribution in [0.3, 0.4) is 0 Å². The highest BCUT2D eigenvalue weighted by molar-refractivity contribution is 5.95. The average molecular weight is 537 g/mol. The molecule has 0 bridgehead atoms. The molecule has 0 aromatic heterocycles. The number of aldehydes is 1. The lowest BCUT2D eigenvalue weighted by Gasteiger charge is -2.71. The fourth-order valence-electron chi connectivity index (χ4n) is 11.9. The van der Waals surface area contributed by atoms with Crippen molar-refractivity contribution in [1.29, 1.82) is 0 Å². The van der Waals surface area contributed by atoms with Crippen LogP contribution in [-0.4, -0.2) is 31.6 Å². The van der Waals surface area contributed by atoms with Crippen molar-refractivity contribution in [1.82, 2.24) is 0 Å². The number of carbonyl (C=O) groups is 2. The van der Waals surface area contributed by atoms with Gasteiger partial charge in [-0.25, -0.2) is 0 Å². The van der Waals surface area contributed by atoms with E-state index in [-0.39, 0.29) is 39.3 Å². The molecule has 4 nitrogen and oxygen atoms in total. The van der Waals surface area contributed by atoms with Crippen LogP contribution in [-0.2, 0) is 19.1 Å². The molecule has 39 heavy (non-hydrogen) atoms. The molecule has 0 aromatic rings. The van der Waals surface area contributed by atoms with Crippen LogP contribution in [0.4, 0.5) is 0 Å². The largest absolute Gasteiger partial charge is 0.353 e. The third kappa shape index (κ3) is 3.82. The minimum atomic E-state index is -0.291. The molecule has 6 aliphatic rings. The quantitative estimate of drug-likeness (QED) is 0.267. The van der Waals surface area contributed by atoms with Crippen LogP contribution in [0.2, 0.25) is 0 Å². The first-order chi connectivity index (χ1) is 18.4. The number of allylic oxidation sites excluding steroid dienone is 3. The van der Waals surface area contributed by atoms with Crippen LogP contribution < -0.4 is 0 Å². The maximum absolute atomic E-state index is 13.0. The molecule has 1 heterocycles. The average Bonchev–Trinajstić information content (AvgIpc) is 3.30. The predicted octanol–water partition coefficient (Wildman–Crippen LogP) is 7.71. The Morgan fingerprint density at radius 3 is 2.49 bits per heavy atom. The lowest BCUT2D eigenvalue weighted by atomic mass is 9.33. The van der Waals surface area contributed by atoms with Crippen LogP contribution in [0, 0.1) is 56.7 Å².